The lowest BCUT2D eigenvalue weighted by Crippen LogP contribution is -2.50. The third-order valence-electron chi connectivity index (χ3n) is 6.55. The van der Waals surface area contributed by atoms with Crippen molar-refractivity contribution in [3.8, 4) is 11.8 Å². The van der Waals surface area contributed by atoms with Crippen molar-refractivity contribution in [2.75, 3.05) is 52.4 Å². The van der Waals surface area contributed by atoms with E-state index in [0.717, 1.165) is 18.7 Å². The number of nitrogens with zero attached hydrogens (tertiary/aromatic N) is 4. The first-order valence-corrected chi connectivity index (χ1v) is 12.2. The van der Waals surface area contributed by atoms with Gasteiger partial charge in [-0.25, -0.2) is 0 Å². The fraction of sp³-hybridized carbons (Fsp3) is 0.444. The summed E-state index contributed by atoms with van der Waals surface area (Å²) in [6.45, 7) is 6.13. The van der Waals surface area contributed by atoms with E-state index in [1.54, 1.807) is 34.1 Å². The monoisotopic (exact) mass is 460 g/mol. The topological polar surface area (TPSA) is 76.9 Å². The number of amides is 2. The third kappa shape index (κ3) is 6.15. The minimum absolute atomic E-state index is 0.0258. The summed E-state index contributed by atoms with van der Waals surface area (Å²) in [7, 11) is 0. The highest BCUT2D eigenvalue weighted by Gasteiger charge is 2.25. The van der Waals surface area contributed by atoms with Crippen molar-refractivity contribution >= 4 is 11.8 Å². The molecule has 0 aliphatic carbocycles. The van der Waals surface area contributed by atoms with Crippen molar-refractivity contribution in [2.45, 2.75) is 25.7 Å². The number of carbonyl (C=O) groups excluding carboxylic acids is 2. The average Bonchev–Trinajstić information content (AvgIpc) is 2.91. The Labute approximate surface area is 201 Å². The van der Waals surface area contributed by atoms with Crippen LogP contribution in [-0.4, -0.2) is 78.9 Å². The smallest absolute Gasteiger partial charge is 0.253 e. The van der Waals surface area contributed by atoms with Crippen LogP contribution in [0.5, 0.6) is 5.75 Å². The molecule has 2 saturated heterocycles. The zero-order valence-electron chi connectivity index (χ0n) is 19.6. The second kappa shape index (κ2) is 11.7. The lowest BCUT2D eigenvalue weighted by Gasteiger charge is -2.35. The number of nitriles is 1. The van der Waals surface area contributed by atoms with Crippen LogP contribution < -0.4 is 4.74 Å². The highest BCUT2D eigenvalue weighted by atomic mass is 16.5. The summed E-state index contributed by atoms with van der Waals surface area (Å²) in [5, 5.41) is 8.91. The molecule has 0 atom stereocenters. The highest BCUT2D eigenvalue weighted by molar-refractivity contribution is 5.96. The molecule has 0 spiro atoms. The second-order valence-electron chi connectivity index (χ2n) is 8.90. The van der Waals surface area contributed by atoms with Crippen LogP contribution in [0.15, 0.2) is 48.5 Å². The summed E-state index contributed by atoms with van der Waals surface area (Å²) in [5.74, 6) is 0.688. The molecule has 0 radical (unpaired) electrons. The summed E-state index contributed by atoms with van der Waals surface area (Å²) < 4.78 is 5.86. The van der Waals surface area contributed by atoms with Gasteiger partial charge in [0.15, 0.2) is 0 Å². The van der Waals surface area contributed by atoms with E-state index >= 15 is 0 Å². The Morgan fingerprint density at radius 1 is 0.765 bits per heavy atom. The van der Waals surface area contributed by atoms with Gasteiger partial charge in [0, 0.05) is 43.9 Å². The molecule has 0 saturated carbocycles. The van der Waals surface area contributed by atoms with E-state index < -0.39 is 0 Å². The van der Waals surface area contributed by atoms with Gasteiger partial charge in [0.05, 0.1) is 18.2 Å². The number of rotatable bonds is 7. The predicted molar refractivity (Wildman–Crippen MR) is 130 cm³/mol. The van der Waals surface area contributed by atoms with Gasteiger partial charge in [0.2, 0.25) is 0 Å². The Morgan fingerprint density at radius 3 is 1.82 bits per heavy atom. The first-order chi connectivity index (χ1) is 16.6. The molecule has 7 nitrogen and oxygen atoms in total. The van der Waals surface area contributed by atoms with Gasteiger partial charge in [-0.2, -0.15) is 5.26 Å². The molecule has 2 aliphatic heterocycles. The van der Waals surface area contributed by atoms with E-state index in [-0.39, 0.29) is 11.8 Å². The number of hydrogen-bond acceptors (Lipinski definition) is 5. The van der Waals surface area contributed by atoms with Crippen LogP contribution in [0.2, 0.25) is 0 Å². The molecule has 2 fully saturated rings. The van der Waals surface area contributed by atoms with Crippen LogP contribution in [0, 0.1) is 11.3 Å². The Balaban J connectivity index is 1.21. The Kier molecular flexibility index (Phi) is 8.16. The maximum Gasteiger partial charge on any atom is 0.253 e. The van der Waals surface area contributed by atoms with E-state index in [1.165, 1.54) is 32.4 Å². The number of hydrogen-bond donors (Lipinski definition) is 0. The molecule has 2 aromatic rings. The fourth-order valence-corrected chi connectivity index (χ4v) is 4.52. The highest BCUT2D eigenvalue weighted by Crippen LogP contribution is 2.17. The number of piperazine rings is 1. The van der Waals surface area contributed by atoms with Gasteiger partial charge in [-0.3, -0.25) is 9.59 Å². The van der Waals surface area contributed by atoms with E-state index in [1.807, 2.05) is 24.3 Å². The van der Waals surface area contributed by atoms with Gasteiger partial charge in [-0.15, -0.1) is 0 Å². The molecule has 2 amide bonds. The van der Waals surface area contributed by atoms with Crippen molar-refractivity contribution in [2.24, 2.45) is 0 Å². The lowest BCUT2D eigenvalue weighted by molar-refractivity contribution is 0.0535. The zero-order valence-corrected chi connectivity index (χ0v) is 19.6. The van der Waals surface area contributed by atoms with Gasteiger partial charge in [-0.1, -0.05) is 6.42 Å². The van der Waals surface area contributed by atoms with Crippen LogP contribution in [-0.2, 0) is 0 Å². The summed E-state index contributed by atoms with van der Waals surface area (Å²) in [4.78, 5) is 31.7. The molecule has 0 bridgehead atoms. The normalized spacial score (nSPS) is 16.7. The van der Waals surface area contributed by atoms with Crippen molar-refractivity contribution in [3.63, 3.8) is 0 Å². The van der Waals surface area contributed by atoms with Gasteiger partial charge in [0.25, 0.3) is 11.8 Å². The first kappa shape index (κ1) is 23.8. The molecular formula is C27H32N4O3. The van der Waals surface area contributed by atoms with Crippen LogP contribution in [0.3, 0.4) is 0 Å². The summed E-state index contributed by atoms with van der Waals surface area (Å²) in [5.41, 5.74) is 1.72. The number of carbonyl (C=O) groups is 2. The molecule has 2 aliphatic rings. The number of ether oxygens (including phenoxy) is 1. The van der Waals surface area contributed by atoms with Crippen LogP contribution in [0.1, 0.15) is 52.0 Å². The number of likely N-dealkylation sites (tertiary alicyclic amines) is 1. The van der Waals surface area contributed by atoms with Gasteiger partial charge >= 0.3 is 0 Å². The maximum absolute atomic E-state index is 12.9. The summed E-state index contributed by atoms with van der Waals surface area (Å²) in [6.07, 6.45) is 4.97. The largest absolute Gasteiger partial charge is 0.494 e. The van der Waals surface area contributed by atoms with E-state index in [4.69, 9.17) is 10.00 Å². The van der Waals surface area contributed by atoms with Crippen molar-refractivity contribution in [1.29, 1.82) is 5.26 Å². The Morgan fingerprint density at radius 2 is 1.29 bits per heavy atom. The Bertz CT molecular complexity index is 1000. The minimum Gasteiger partial charge on any atom is -0.494 e. The summed E-state index contributed by atoms with van der Waals surface area (Å²) >= 11 is 0. The van der Waals surface area contributed by atoms with E-state index in [2.05, 4.69) is 11.0 Å². The minimum atomic E-state index is -0.0709. The third-order valence-corrected chi connectivity index (χ3v) is 6.55. The standard InChI is InChI=1S/C27H32N4O3/c28-21-22-5-7-23(8-6-22)26(32)30-16-18-31(19-17-30)27(33)24-9-11-25(12-10-24)34-20-4-15-29-13-2-1-3-14-29/h5-12H,1-4,13-20H2. The average molecular weight is 461 g/mol. The predicted octanol–water partition coefficient (Wildman–Crippen LogP) is 3.41. The van der Waals surface area contributed by atoms with Crippen LogP contribution >= 0.6 is 0 Å². The summed E-state index contributed by atoms with van der Waals surface area (Å²) in [6, 6.07) is 16.1. The van der Waals surface area contributed by atoms with Gasteiger partial charge < -0.3 is 19.4 Å². The molecule has 0 N–H and O–H groups in total. The van der Waals surface area contributed by atoms with Crippen molar-refractivity contribution in [3.05, 3.63) is 65.2 Å². The molecule has 7 heteroatoms. The molecule has 2 aromatic carbocycles. The molecule has 4 rings (SSSR count). The number of benzene rings is 2. The van der Waals surface area contributed by atoms with Crippen molar-refractivity contribution in [1.82, 2.24) is 14.7 Å². The molecule has 0 aromatic heterocycles. The molecule has 34 heavy (non-hydrogen) atoms. The van der Waals surface area contributed by atoms with E-state index in [9.17, 15) is 9.59 Å². The van der Waals surface area contributed by atoms with Crippen molar-refractivity contribution < 1.29 is 14.3 Å². The fourth-order valence-electron chi connectivity index (χ4n) is 4.52. The van der Waals surface area contributed by atoms with Crippen LogP contribution in [0.4, 0.5) is 0 Å². The lowest BCUT2D eigenvalue weighted by atomic mass is 10.1. The quantitative estimate of drug-likeness (QED) is 0.592. The van der Waals surface area contributed by atoms with Gasteiger partial charge in [0.1, 0.15) is 5.75 Å². The Hall–Kier alpha value is -3.37. The second-order valence-corrected chi connectivity index (χ2v) is 8.90. The molecule has 0 unspecified atom stereocenters. The first-order valence-electron chi connectivity index (χ1n) is 12.2. The van der Waals surface area contributed by atoms with E-state index in [0.29, 0.717) is 49.5 Å². The SMILES string of the molecule is N#Cc1ccc(C(=O)N2CCN(C(=O)c3ccc(OCCCN4CCCCC4)cc3)CC2)cc1. The molecule has 178 valence electrons. The maximum atomic E-state index is 12.9. The van der Waals surface area contributed by atoms with Gasteiger partial charge in [-0.05, 0) is 80.9 Å². The zero-order chi connectivity index (χ0) is 23.8. The molecular weight excluding hydrogens is 428 g/mol. The molecule has 2 heterocycles. The van der Waals surface area contributed by atoms with Crippen LogP contribution in [0.25, 0.3) is 0 Å². The number of piperidine rings is 1.